The topological polar surface area (TPSA) is 69.4 Å². The molecule has 1 rings (SSSR count). The zero-order valence-electron chi connectivity index (χ0n) is 8.91. The van der Waals surface area contributed by atoms with E-state index in [0.29, 0.717) is 15.4 Å². The molecule has 92 valence electrons. The van der Waals surface area contributed by atoms with Crippen LogP contribution in [0.3, 0.4) is 0 Å². The summed E-state index contributed by atoms with van der Waals surface area (Å²) in [7, 11) is 0. The van der Waals surface area contributed by atoms with Crippen LogP contribution in [-0.4, -0.2) is 17.5 Å². The third-order valence-electron chi connectivity index (χ3n) is 1.96. The zero-order chi connectivity index (χ0) is 13.0. The minimum Gasteiger partial charge on any atom is -0.462 e. The van der Waals surface area contributed by atoms with Crippen molar-refractivity contribution in [2.24, 2.45) is 0 Å². The highest BCUT2D eigenvalue weighted by Crippen LogP contribution is 2.30. The number of hydrogen-bond acceptors (Lipinski definition) is 4. The van der Waals surface area contributed by atoms with Crippen molar-refractivity contribution in [2.45, 2.75) is 12.3 Å². The highest BCUT2D eigenvalue weighted by atomic mass is 79.9. The Balaban J connectivity index is 3.36. The molecule has 0 atom stereocenters. The largest absolute Gasteiger partial charge is 0.462 e. The maximum Gasteiger partial charge on any atom is 0.346 e. The van der Waals surface area contributed by atoms with Gasteiger partial charge >= 0.3 is 5.97 Å². The second-order valence-corrected chi connectivity index (χ2v) is 4.50. The van der Waals surface area contributed by atoms with Crippen LogP contribution in [0.15, 0.2) is 16.6 Å². The van der Waals surface area contributed by atoms with Crippen molar-refractivity contribution >= 4 is 43.5 Å². The quantitative estimate of drug-likeness (QED) is 0.354. The summed E-state index contributed by atoms with van der Waals surface area (Å²) in [6, 6.07) is 3.00. The molecule has 0 aliphatic rings. The van der Waals surface area contributed by atoms with Crippen molar-refractivity contribution in [2.75, 3.05) is 6.61 Å². The molecule has 0 aromatic heterocycles. The highest BCUT2D eigenvalue weighted by molar-refractivity contribution is 9.10. The lowest BCUT2D eigenvalue weighted by molar-refractivity contribution is -0.385. The van der Waals surface area contributed by atoms with Gasteiger partial charge in [0.15, 0.2) is 5.56 Å². The van der Waals surface area contributed by atoms with Gasteiger partial charge in [-0.2, -0.15) is 0 Å². The van der Waals surface area contributed by atoms with Crippen molar-refractivity contribution in [3.05, 3.63) is 37.8 Å². The lowest BCUT2D eigenvalue weighted by Crippen LogP contribution is -2.09. The molecular formula is C10H9Br2NO4. The summed E-state index contributed by atoms with van der Waals surface area (Å²) in [5.74, 6) is -0.702. The molecule has 0 heterocycles. The average molecular weight is 367 g/mol. The number of hydrogen-bond donors (Lipinski definition) is 0. The highest BCUT2D eigenvalue weighted by Gasteiger charge is 2.25. The molecule has 5 nitrogen and oxygen atoms in total. The molecule has 0 amide bonds. The maximum absolute atomic E-state index is 11.6. The minimum absolute atomic E-state index is 0.0541. The Morgan fingerprint density at radius 2 is 2.18 bits per heavy atom. The van der Waals surface area contributed by atoms with Crippen LogP contribution in [0.4, 0.5) is 5.69 Å². The third-order valence-corrected chi connectivity index (χ3v) is 3.23. The van der Waals surface area contributed by atoms with Crippen molar-refractivity contribution in [1.82, 2.24) is 0 Å². The van der Waals surface area contributed by atoms with E-state index in [1.165, 1.54) is 6.07 Å². The van der Waals surface area contributed by atoms with Crippen LogP contribution in [-0.2, 0) is 10.1 Å². The van der Waals surface area contributed by atoms with E-state index in [2.05, 4.69) is 31.9 Å². The summed E-state index contributed by atoms with van der Waals surface area (Å²) in [6.45, 7) is 1.81. The number of carbonyl (C=O) groups is 1. The van der Waals surface area contributed by atoms with E-state index >= 15 is 0 Å². The molecule has 0 radical (unpaired) electrons. The molecule has 0 fully saturated rings. The van der Waals surface area contributed by atoms with Crippen LogP contribution in [0.1, 0.15) is 22.8 Å². The first-order valence-corrected chi connectivity index (χ1v) is 6.62. The van der Waals surface area contributed by atoms with Crippen molar-refractivity contribution in [3.63, 3.8) is 0 Å². The molecule has 0 saturated carbocycles. The molecule has 0 aliphatic carbocycles. The van der Waals surface area contributed by atoms with Gasteiger partial charge in [0.25, 0.3) is 5.69 Å². The smallest absolute Gasteiger partial charge is 0.346 e. The van der Waals surface area contributed by atoms with E-state index < -0.39 is 10.9 Å². The number of nitro groups is 1. The molecule has 0 N–H and O–H groups in total. The summed E-state index contributed by atoms with van der Waals surface area (Å²) >= 11 is 6.36. The number of halogens is 2. The number of rotatable bonds is 4. The monoisotopic (exact) mass is 365 g/mol. The predicted octanol–water partition coefficient (Wildman–Crippen LogP) is 3.43. The number of nitro benzene ring substituents is 1. The minimum atomic E-state index is -0.702. The zero-order valence-corrected chi connectivity index (χ0v) is 12.1. The van der Waals surface area contributed by atoms with Gasteiger partial charge in [-0.25, -0.2) is 4.79 Å². The molecule has 0 spiro atoms. The summed E-state index contributed by atoms with van der Waals surface area (Å²) in [5, 5.41) is 11.4. The van der Waals surface area contributed by atoms with Crippen molar-refractivity contribution in [3.8, 4) is 0 Å². The molecule has 0 aliphatic heterocycles. The summed E-state index contributed by atoms with van der Waals surface area (Å²) in [6.07, 6.45) is 0. The summed E-state index contributed by atoms with van der Waals surface area (Å²) < 4.78 is 5.15. The second kappa shape index (κ2) is 6.11. The number of benzene rings is 1. The van der Waals surface area contributed by atoms with Crippen LogP contribution in [0, 0.1) is 10.1 Å². The fraction of sp³-hybridized carbons (Fsp3) is 0.300. The molecular weight excluding hydrogens is 358 g/mol. The Kier molecular flexibility index (Phi) is 5.07. The first-order chi connectivity index (χ1) is 8.01. The lowest BCUT2D eigenvalue weighted by Gasteiger charge is -2.06. The predicted molar refractivity (Wildman–Crippen MR) is 69.4 cm³/mol. The van der Waals surface area contributed by atoms with Crippen LogP contribution in [0.2, 0.25) is 0 Å². The number of carbonyl (C=O) groups excluding carboxylic acids is 1. The fourth-order valence-electron chi connectivity index (χ4n) is 1.27. The van der Waals surface area contributed by atoms with Crippen molar-refractivity contribution < 1.29 is 14.5 Å². The molecule has 0 bridgehead atoms. The Bertz CT molecular complexity index is 462. The molecule has 1 aromatic rings. The van der Waals surface area contributed by atoms with E-state index in [1.54, 1.807) is 13.0 Å². The van der Waals surface area contributed by atoms with Gasteiger partial charge < -0.3 is 4.74 Å². The number of ether oxygens (including phenoxy) is 1. The average Bonchev–Trinajstić information content (AvgIpc) is 2.27. The molecule has 17 heavy (non-hydrogen) atoms. The fourth-order valence-corrected chi connectivity index (χ4v) is 2.26. The second-order valence-electron chi connectivity index (χ2n) is 3.08. The maximum atomic E-state index is 11.6. The standard InChI is InChI=1S/C10H9Br2NO4/c1-2-17-10(14)9-7(12)3-6(5-11)4-8(9)13(15)16/h3-4H,2,5H2,1H3. The van der Waals surface area contributed by atoms with Crippen molar-refractivity contribution in [1.29, 1.82) is 0 Å². The van der Waals surface area contributed by atoms with E-state index in [0.717, 1.165) is 0 Å². The van der Waals surface area contributed by atoms with E-state index in [4.69, 9.17) is 4.74 Å². The van der Waals surface area contributed by atoms with Gasteiger partial charge in [-0.05, 0) is 34.5 Å². The molecule has 0 saturated heterocycles. The Labute approximate surface area is 115 Å². The van der Waals surface area contributed by atoms with Gasteiger partial charge in [0.05, 0.1) is 11.5 Å². The summed E-state index contributed by atoms with van der Waals surface area (Å²) in [5.41, 5.74) is 0.394. The van der Waals surface area contributed by atoms with Crippen LogP contribution in [0.5, 0.6) is 0 Å². The normalized spacial score (nSPS) is 10.1. The number of nitrogens with zero attached hydrogens (tertiary/aromatic N) is 1. The number of alkyl halides is 1. The van der Waals surface area contributed by atoms with Crippen LogP contribution >= 0.6 is 31.9 Å². The van der Waals surface area contributed by atoms with Gasteiger partial charge in [0.2, 0.25) is 0 Å². The first kappa shape index (κ1) is 14.1. The van der Waals surface area contributed by atoms with Gasteiger partial charge in [-0.3, -0.25) is 10.1 Å². The van der Waals surface area contributed by atoms with E-state index in [1.807, 2.05) is 0 Å². The van der Waals surface area contributed by atoms with E-state index in [9.17, 15) is 14.9 Å². The Morgan fingerprint density at radius 1 is 1.53 bits per heavy atom. The lowest BCUT2D eigenvalue weighted by atomic mass is 10.1. The molecule has 7 heteroatoms. The number of esters is 1. The molecule has 0 unspecified atom stereocenters. The van der Waals surface area contributed by atoms with Gasteiger partial charge in [-0.15, -0.1) is 0 Å². The van der Waals surface area contributed by atoms with Crippen LogP contribution < -0.4 is 0 Å². The van der Waals surface area contributed by atoms with Gasteiger partial charge in [0.1, 0.15) is 0 Å². The SMILES string of the molecule is CCOC(=O)c1c(Br)cc(CBr)cc1[N+](=O)[O-]. The molecule has 1 aromatic carbocycles. The first-order valence-electron chi connectivity index (χ1n) is 4.71. The Hall–Kier alpha value is -0.950. The van der Waals surface area contributed by atoms with Gasteiger partial charge in [0, 0.05) is 15.9 Å². The summed E-state index contributed by atoms with van der Waals surface area (Å²) in [4.78, 5) is 21.9. The third kappa shape index (κ3) is 3.26. The van der Waals surface area contributed by atoms with E-state index in [-0.39, 0.29) is 17.9 Å². The van der Waals surface area contributed by atoms with Gasteiger partial charge in [-0.1, -0.05) is 15.9 Å². The Morgan fingerprint density at radius 3 is 2.65 bits per heavy atom. The van der Waals surface area contributed by atoms with Crippen LogP contribution in [0.25, 0.3) is 0 Å².